The van der Waals surface area contributed by atoms with Crippen LogP contribution in [0.2, 0.25) is 0 Å². The first kappa shape index (κ1) is 9.96. The molecule has 0 aromatic carbocycles. The van der Waals surface area contributed by atoms with Crippen molar-refractivity contribution in [2.24, 2.45) is 0 Å². The van der Waals surface area contributed by atoms with Crippen molar-refractivity contribution in [2.45, 2.75) is 33.1 Å². The smallest absolute Gasteiger partial charge is 0.236 e. The molecule has 3 heteroatoms. The predicted octanol–water partition coefficient (Wildman–Crippen LogP) is 2.09. The number of hydrogen-bond acceptors (Lipinski definition) is 3. The van der Waals surface area contributed by atoms with Crippen molar-refractivity contribution in [2.75, 3.05) is 7.11 Å². The molecule has 72 valence electrons. The number of nitrogens with zero attached hydrogens (tertiary/aromatic N) is 2. The molecule has 0 unspecified atom stereocenters. The summed E-state index contributed by atoms with van der Waals surface area (Å²) in [4.78, 5) is 0. The normalized spacial score (nSPS) is 11.5. The number of ether oxygens (including phenoxy) is 1. The van der Waals surface area contributed by atoms with Crippen molar-refractivity contribution in [3.05, 3.63) is 17.3 Å². The van der Waals surface area contributed by atoms with Crippen LogP contribution in [0.5, 0.6) is 5.88 Å². The van der Waals surface area contributed by atoms with Gasteiger partial charge in [0.15, 0.2) is 0 Å². The van der Waals surface area contributed by atoms with Crippen molar-refractivity contribution in [1.29, 1.82) is 0 Å². The van der Waals surface area contributed by atoms with E-state index in [-0.39, 0.29) is 5.41 Å². The fraction of sp³-hybridized carbons (Fsp3) is 0.600. The molecule has 1 aromatic rings. The molecule has 0 spiro atoms. The second-order valence-electron chi connectivity index (χ2n) is 4.17. The minimum Gasteiger partial charge on any atom is -0.480 e. The Hall–Kier alpha value is -1.12. The van der Waals surface area contributed by atoms with Crippen LogP contribution in [-0.2, 0) is 5.41 Å². The number of methoxy groups -OCH3 is 1. The standard InChI is InChI=1S/C10H16N2O/c1-7-6-8(10(2,3)4)11-12-9(7)13-5/h6H,1-5H3. The molecule has 0 saturated heterocycles. The molecule has 0 bridgehead atoms. The first-order chi connectivity index (χ1) is 5.95. The fourth-order valence-corrected chi connectivity index (χ4v) is 1.04. The summed E-state index contributed by atoms with van der Waals surface area (Å²) in [7, 11) is 1.60. The molecule has 0 aliphatic carbocycles. The van der Waals surface area contributed by atoms with E-state index in [9.17, 15) is 0 Å². The van der Waals surface area contributed by atoms with Gasteiger partial charge in [-0.05, 0) is 13.0 Å². The molecular formula is C10H16N2O. The number of hydrogen-bond donors (Lipinski definition) is 0. The van der Waals surface area contributed by atoms with Crippen LogP contribution in [-0.4, -0.2) is 17.3 Å². The van der Waals surface area contributed by atoms with Crippen molar-refractivity contribution in [3.8, 4) is 5.88 Å². The van der Waals surface area contributed by atoms with E-state index in [1.165, 1.54) is 0 Å². The van der Waals surface area contributed by atoms with Gasteiger partial charge in [-0.3, -0.25) is 0 Å². The maximum atomic E-state index is 5.04. The summed E-state index contributed by atoms with van der Waals surface area (Å²) in [5, 5.41) is 8.10. The summed E-state index contributed by atoms with van der Waals surface area (Å²) in [5.41, 5.74) is 2.07. The van der Waals surface area contributed by atoms with Crippen molar-refractivity contribution < 1.29 is 4.74 Å². The SMILES string of the molecule is COc1nnc(C(C)(C)C)cc1C. The highest BCUT2D eigenvalue weighted by Crippen LogP contribution is 2.22. The third-order valence-electron chi connectivity index (χ3n) is 1.90. The summed E-state index contributed by atoms with van der Waals surface area (Å²) < 4.78 is 5.04. The molecule has 1 aromatic heterocycles. The van der Waals surface area contributed by atoms with E-state index in [0.29, 0.717) is 5.88 Å². The van der Waals surface area contributed by atoms with Crippen LogP contribution in [0.1, 0.15) is 32.0 Å². The van der Waals surface area contributed by atoms with Gasteiger partial charge in [0, 0.05) is 11.0 Å². The van der Waals surface area contributed by atoms with Crippen molar-refractivity contribution >= 4 is 0 Å². The van der Waals surface area contributed by atoms with Crippen LogP contribution in [0.4, 0.5) is 0 Å². The molecule has 0 aliphatic rings. The van der Waals surface area contributed by atoms with Gasteiger partial charge in [-0.1, -0.05) is 20.8 Å². The Kier molecular flexibility index (Phi) is 2.55. The van der Waals surface area contributed by atoms with Gasteiger partial charge in [0.2, 0.25) is 5.88 Å². The zero-order valence-corrected chi connectivity index (χ0v) is 8.88. The Labute approximate surface area is 79.1 Å². The molecule has 0 aliphatic heterocycles. The maximum Gasteiger partial charge on any atom is 0.236 e. The van der Waals surface area contributed by atoms with E-state index in [0.717, 1.165) is 11.3 Å². The highest BCUT2D eigenvalue weighted by atomic mass is 16.5. The van der Waals surface area contributed by atoms with Gasteiger partial charge in [0.1, 0.15) is 0 Å². The Morgan fingerprint density at radius 1 is 1.23 bits per heavy atom. The molecule has 0 saturated carbocycles. The van der Waals surface area contributed by atoms with Crippen molar-refractivity contribution in [1.82, 2.24) is 10.2 Å². The second kappa shape index (κ2) is 3.32. The molecule has 0 N–H and O–H groups in total. The number of aromatic nitrogens is 2. The van der Waals surface area contributed by atoms with E-state index in [1.807, 2.05) is 13.0 Å². The molecule has 3 nitrogen and oxygen atoms in total. The van der Waals surface area contributed by atoms with Crippen LogP contribution in [0.3, 0.4) is 0 Å². The van der Waals surface area contributed by atoms with Gasteiger partial charge in [-0.25, -0.2) is 0 Å². The second-order valence-corrected chi connectivity index (χ2v) is 4.17. The van der Waals surface area contributed by atoms with Gasteiger partial charge in [-0.15, -0.1) is 5.10 Å². The lowest BCUT2D eigenvalue weighted by atomic mass is 9.91. The first-order valence-corrected chi connectivity index (χ1v) is 4.34. The lowest BCUT2D eigenvalue weighted by Gasteiger charge is -2.17. The topological polar surface area (TPSA) is 35.0 Å². The van der Waals surface area contributed by atoms with Gasteiger partial charge >= 0.3 is 0 Å². The molecule has 13 heavy (non-hydrogen) atoms. The third kappa shape index (κ3) is 2.17. The zero-order valence-electron chi connectivity index (χ0n) is 8.88. The quantitative estimate of drug-likeness (QED) is 0.663. The van der Waals surface area contributed by atoms with Gasteiger partial charge in [0.25, 0.3) is 0 Å². The Bertz CT molecular complexity index is 302. The largest absolute Gasteiger partial charge is 0.480 e. The van der Waals surface area contributed by atoms with Gasteiger partial charge in [-0.2, -0.15) is 5.10 Å². The lowest BCUT2D eigenvalue weighted by Crippen LogP contribution is -2.15. The third-order valence-corrected chi connectivity index (χ3v) is 1.90. The number of aryl methyl sites for hydroxylation is 1. The van der Waals surface area contributed by atoms with Gasteiger partial charge in [0.05, 0.1) is 12.8 Å². The highest BCUT2D eigenvalue weighted by molar-refractivity contribution is 5.27. The minimum atomic E-state index is 0.0457. The van der Waals surface area contributed by atoms with Crippen LogP contribution in [0.15, 0.2) is 6.07 Å². The van der Waals surface area contributed by atoms with Gasteiger partial charge < -0.3 is 4.74 Å². The van der Waals surface area contributed by atoms with E-state index in [1.54, 1.807) is 7.11 Å². The molecule has 0 fully saturated rings. The molecule has 0 atom stereocenters. The first-order valence-electron chi connectivity index (χ1n) is 4.34. The molecule has 1 heterocycles. The van der Waals surface area contributed by atoms with Crippen LogP contribution in [0, 0.1) is 6.92 Å². The Morgan fingerprint density at radius 2 is 1.85 bits per heavy atom. The average Bonchev–Trinajstić information content (AvgIpc) is 2.02. The molecule has 0 amide bonds. The van der Waals surface area contributed by atoms with Crippen molar-refractivity contribution in [3.63, 3.8) is 0 Å². The van der Waals surface area contributed by atoms with E-state index < -0.39 is 0 Å². The predicted molar refractivity (Wildman–Crippen MR) is 52.0 cm³/mol. The average molecular weight is 180 g/mol. The minimum absolute atomic E-state index is 0.0457. The summed E-state index contributed by atoms with van der Waals surface area (Å²) in [5.74, 6) is 0.605. The van der Waals surface area contributed by atoms with E-state index in [2.05, 4.69) is 31.0 Å². The summed E-state index contributed by atoms with van der Waals surface area (Å²) in [6.45, 7) is 8.32. The monoisotopic (exact) mass is 180 g/mol. The van der Waals surface area contributed by atoms with Crippen LogP contribution in [0.25, 0.3) is 0 Å². The molecule has 1 rings (SSSR count). The lowest BCUT2D eigenvalue weighted by molar-refractivity contribution is 0.385. The fourth-order valence-electron chi connectivity index (χ4n) is 1.04. The molecular weight excluding hydrogens is 164 g/mol. The van der Waals surface area contributed by atoms with Crippen LogP contribution < -0.4 is 4.74 Å². The Morgan fingerprint density at radius 3 is 2.23 bits per heavy atom. The van der Waals surface area contributed by atoms with E-state index in [4.69, 9.17) is 4.74 Å². The summed E-state index contributed by atoms with van der Waals surface area (Å²) in [6, 6.07) is 2.02. The summed E-state index contributed by atoms with van der Waals surface area (Å²) >= 11 is 0. The number of rotatable bonds is 1. The van der Waals surface area contributed by atoms with Crippen LogP contribution >= 0.6 is 0 Å². The zero-order chi connectivity index (χ0) is 10.1. The molecule has 0 radical (unpaired) electrons. The van der Waals surface area contributed by atoms with E-state index >= 15 is 0 Å². The highest BCUT2D eigenvalue weighted by Gasteiger charge is 2.17. The maximum absolute atomic E-state index is 5.04. The summed E-state index contributed by atoms with van der Waals surface area (Å²) in [6.07, 6.45) is 0. The Balaban J connectivity index is 3.10.